The highest BCUT2D eigenvalue weighted by atomic mass is 32.2. The maximum atomic E-state index is 12.9. The maximum Gasteiger partial charge on any atom is 0.270 e. The number of ether oxygens (including phenoxy) is 3. The minimum atomic E-state index is -0.586. The van der Waals surface area contributed by atoms with E-state index in [2.05, 4.69) is 0 Å². The van der Waals surface area contributed by atoms with Crippen molar-refractivity contribution in [3.63, 3.8) is 0 Å². The molecule has 1 saturated heterocycles. The second-order valence-electron chi connectivity index (χ2n) is 5.88. The zero-order valence-corrected chi connectivity index (χ0v) is 17.3. The van der Waals surface area contributed by atoms with Crippen LogP contribution in [0.3, 0.4) is 0 Å². The standard InChI is InChI=1S/C20H18N2O5S2/c1-25-14-5-3-4-13(10-14)22-19(24)17(29-20(22)28)9-12-6-7-15(16(8-12)26-2)27-11-18(21)23/h3-10H,11H2,1-2H3,(H2,21,23)/b17-9-. The van der Waals surface area contributed by atoms with E-state index >= 15 is 0 Å². The third-order valence-corrected chi connectivity index (χ3v) is 5.26. The molecule has 3 rings (SSSR count). The fourth-order valence-electron chi connectivity index (χ4n) is 2.63. The molecule has 0 spiro atoms. The van der Waals surface area contributed by atoms with Crippen molar-refractivity contribution in [1.29, 1.82) is 0 Å². The van der Waals surface area contributed by atoms with Gasteiger partial charge in [-0.05, 0) is 35.9 Å². The SMILES string of the molecule is COc1cccc(N2C(=O)/C(=C/c3ccc(OCC(N)=O)c(OC)c3)SC2=S)c1. The molecule has 1 aliphatic heterocycles. The molecule has 0 radical (unpaired) electrons. The topological polar surface area (TPSA) is 91.1 Å². The molecule has 0 atom stereocenters. The minimum absolute atomic E-state index is 0.221. The Bertz CT molecular complexity index is 1010. The number of carbonyl (C=O) groups excluding carboxylic acids is 2. The molecule has 9 heteroatoms. The summed E-state index contributed by atoms with van der Waals surface area (Å²) in [6.07, 6.45) is 1.72. The predicted molar refractivity (Wildman–Crippen MR) is 116 cm³/mol. The van der Waals surface area contributed by atoms with E-state index in [-0.39, 0.29) is 12.5 Å². The number of amides is 2. The van der Waals surface area contributed by atoms with E-state index in [1.165, 1.54) is 23.8 Å². The number of rotatable bonds is 7. The van der Waals surface area contributed by atoms with Gasteiger partial charge in [0.15, 0.2) is 22.4 Å². The Morgan fingerprint density at radius 1 is 1.17 bits per heavy atom. The number of anilines is 1. The van der Waals surface area contributed by atoms with Gasteiger partial charge >= 0.3 is 0 Å². The molecule has 0 bridgehead atoms. The van der Waals surface area contributed by atoms with Crippen LogP contribution in [0.5, 0.6) is 17.2 Å². The zero-order chi connectivity index (χ0) is 21.0. The Labute approximate surface area is 177 Å². The second kappa shape index (κ2) is 8.97. The van der Waals surface area contributed by atoms with E-state index in [4.69, 9.17) is 32.2 Å². The predicted octanol–water partition coefficient (Wildman–Crippen LogP) is 2.97. The van der Waals surface area contributed by atoms with Gasteiger partial charge in [-0.25, -0.2) is 0 Å². The first kappa shape index (κ1) is 20.7. The Morgan fingerprint density at radius 3 is 2.66 bits per heavy atom. The number of thioether (sulfide) groups is 1. The number of nitrogens with two attached hydrogens (primary N) is 1. The number of benzene rings is 2. The van der Waals surface area contributed by atoms with Crippen molar-refractivity contribution in [1.82, 2.24) is 0 Å². The van der Waals surface area contributed by atoms with Crippen molar-refractivity contribution < 1.29 is 23.8 Å². The van der Waals surface area contributed by atoms with Crippen LogP contribution < -0.4 is 24.8 Å². The van der Waals surface area contributed by atoms with Crippen molar-refractivity contribution in [3.05, 3.63) is 52.9 Å². The molecule has 0 aromatic heterocycles. The van der Waals surface area contributed by atoms with Crippen LogP contribution in [-0.4, -0.2) is 37.0 Å². The van der Waals surface area contributed by atoms with Crippen LogP contribution in [0, 0.1) is 0 Å². The normalized spacial score (nSPS) is 15.0. The highest BCUT2D eigenvalue weighted by Crippen LogP contribution is 2.38. The third kappa shape index (κ3) is 4.69. The van der Waals surface area contributed by atoms with Gasteiger partial charge in [0.25, 0.3) is 11.8 Å². The van der Waals surface area contributed by atoms with Crippen LogP contribution in [0.4, 0.5) is 5.69 Å². The van der Waals surface area contributed by atoms with Crippen molar-refractivity contribution in [2.24, 2.45) is 5.73 Å². The molecule has 0 aliphatic carbocycles. The summed E-state index contributed by atoms with van der Waals surface area (Å²) in [4.78, 5) is 25.8. The first-order chi connectivity index (χ1) is 13.9. The highest BCUT2D eigenvalue weighted by molar-refractivity contribution is 8.27. The molecule has 2 amide bonds. The largest absolute Gasteiger partial charge is 0.497 e. The van der Waals surface area contributed by atoms with Crippen molar-refractivity contribution in [3.8, 4) is 17.2 Å². The molecule has 0 saturated carbocycles. The van der Waals surface area contributed by atoms with E-state index in [1.54, 1.807) is 55.7 Å². The Balaban J connectivity index is 1.86. The number of hydrogen-bond acceptors (Lipinski definition) is 7. The summed E-state index contributed by atoms with van der Waals surface area (Å²) >= 11 is 6.61. The fourth-order valence-corrected chi connectivity index (χ4v) is 3.93. The lowest BCUT2D eigenvalue weighted by Crippen LogP contribution is -2.27. The summed E-state index contributed by atoms with van der Waals surface area (Å²) < 4.78 is 16.3. The quantitative estimate of drug-likeness (QED) is 0.533. The number of hydrogen-bond donors (Lipinski definition) is 1. The lowest BCUT2D eigenvalue weighted by molar-refractivity contribution is -0.120. The summed E-state index contributed by atoms with van der Waals surface area (Å²) in [7, 11) is 3.05. The minimum Gasteiger partial charge on any atom is -0.497 e. The highest BCUT2D eigenvalue weighted by Gasteiger charge is 2.33. The van der Waals surface area contributed by atoms with Gasteiger partial charge in [0, 0.05) is 6.07 Å². The molecule has 1 aliphatic rings. The molecule has 7 nitrogen and oxygen atoms in total. The van der Waals surface area contributed by atoms with Crippen molar-refractivity contribution in [2.75, 3.05) is 25.7 Å². The first-order valence-electron chi connectivity index (χ1n) is 8.44. The Kier molecular flexibility index (Phi) is 6.40. The van der Waals surface area contributed by atoms with E-state index in [9.17, 15) is 9.59 Å². The molecular weight excluding hydrogens is 412 g/mol. The van der Waals surface area contributed by atoms with Gasteiger partial charge in [-0.1, -0.05) is 36.1 Å². The van der Waals surface area contributed by atoms with E-state index in [0.29, 0.717) is 32.2 Å². The van der Waals surface area contributed by atoms with E-state index in [0.717, 1.165) is 5.56 Å². The lowest BCUT2D eigenvalue weighted by atomic mass is 10.1. The smallest absolute Gasteiger partial charge is 0.270 e. The molecule has 29 heavy (non-hydrogen) atoms. The van der Waals surface area contributed by atoms with Crippen molar-refractivity contribution >= 4 is 51.9 Å². The van der Waals surface area contributed by atoms with E-state index < -0.39 is 5.91 Å². The molecule has 2 aromatic rings. The second-order valence-corrected chi connectivity index (χ2v) is 7.56. The summed E-state index contributed by atoms with van der Waals surface area (Å²) in [6, 6.07) is 12.2. The number of thiocarbonyl (C=S) groups is 1. The van der Waals surface area contributed by atoms with Crippen LogP contribution in [0.25, 0.3) is 6.08 Å². The van der Waals surface area contributed by atoms with Gasteiger partial charge in [-0.15, -0.1) is 0 Å². The van der Waals surface area contributed by atoms with Gasteiger partial charge < -0.3 is 19.9 Å². The summed E-state index contributed by atoms with van der Waals surface area (Å²) in [5.74, 6) is 0.631. The molecule has 0 unspecified atom stereocenters. The van der Waals surface area contributed by atoms with Crippen LogP contribution in [0.2, 0.25) is 0 Å². The number of primary amides is 1. The maximum absolute atomic E-state index is 12.9. The van der Waals surface area contributed by atoms with Gasteiger partial charge in [0.1, 0.15) is 5.75 Å². The fraction of sp³-hybridized carbons (Fsp3) is 0.150. The third-order valence-electron chi connectivity index (χ3n) is 3.96. The summed E-state index contributed by atoms with van der Waals surface area (Å²) in [6.45, 7) is -0.255. The molecule has 1 heterocycles. The molecule has 2 aromatic carbocycles. The number of methoxy groups -OCH3 is 2. The van der Waals surface area contributed by atoms with Crippen molar-refractivity contribution in [2.45, 2.75) is 0 Å². The summed E-state index contributed by atoms with van der Waals surface area (Å²) in [5, 5.41) is 0. The van der Waals surface area contributed by atoms with Gasteiger partial charge in [-0.2, -0.15) is 0 Å². The van der Waals surface area contributed by atoms with Gasteiger partial charge in [-0.3, -0.25) is 14.5 Å². The Morgan fingerprint density at radius 2 is 1.97 bits per heavy atom. The lowest BCUT2D eigenvalue weighted by Gasteiger charge is -2.15. The van der Waals surface area contributed by atoms with Crippen LogP contribution >= 0.6 is 24.0 Å². The van der Waals surface area contributed by atoms with Gasteiger partial charge in [0.2, 0.25) is 0 Å². The zero-order valence-electron chi connectivity index (χ0n) is 15.7. The monoisotopic (exact) mass is 430 g/mol. The van der Waals surface area contributed by atoms with E-state index in [1.807, 2.05) is 0 Å². The molecule has 2 N–H and O–H groups in total. The number of carbonyl (C=O) groups is 2. The van der Waals surface area contributed by atoms with Crippen LogP contribution in [-0.2, 0) is 9.59 Å². The van der Waals surface area contributed by atoms with Gasteiger partial charge in [0.05, 0.1) is 24.8 Å². The average Bonchev–Trinajstić information content (AvgIpc) is 2.99. The summed E-state index contributed by atoms with van der Waals surface area (Å²) in [5.41, 5.74) is 6.46. The average molecular weight is 431 g/mol. The van der Waals surface area contributed by atoms with Crippen LogP contribution in [0.1, 0.15) is 5.56 Å². The molecule has 150 valence electrons. The number of nitrogens with zero attached hydrogens (tertiary/aromatic N) is 1. The molecular formula is C20H18N2O5S2. The Hall–Kier alpha value is -3.04. The van der Waals surface area contributed by atoms with Crippen LogP contribution in [0.15, 0.2) is 47.4 Å². The first-order valence-corrected chi connectivity index (χ1v) is 9.66. The molecule has 1 fully saturated rings.